The minimum Gasteiger partial charge on any atom is -0.383 e. The van der Waals surface area contributed by atoms with Crippen molar-refractivity contribution in [2.24, 2.45) is 0 Å². The van der Waals surface area contributed by atoms with Gasteiger partial charge >= 0.3 is 0 Å². The first-order chi connectivity index (χ1) is 10.1. The number of rotatable bonds is 3. The molecule has 1 fully saturated rings. The number of pyridine rings is 1. The molecular weight excluding hydrogens is 268 g/mol. The number of nitrogens with zero attached hydrogens (tertiary/aromatic N) is 1. The minimum absolute atomic E-state index is 0.000691. The molecule has 0 aliphatic carbocycles. The Kier molecular flexibility index (Phi) is 3.43. The summed E-state index contributed by atoms with van der Waals surface area (Å²) in [6, 6.07) is 9.24. The van der Waals surface area contributed by atoms with Crippen LogP contribution >= 0.6 is 0 Å². The lowest BCUT2D eigenvalue weighted by Crippen LogP contribution is -2.38. The van der Waals surface area contributed by atoms with E-state index in [1.165, 1.54) is 0 Å². The summed E-state index contributed by atoms with van der Waals surface area (Å²) in [6.07, 6.45) is 1.26. The van der Waals surface area contributed by atoms with Gasteiger partial charge in [-0.05, 0) is 17.9 Å². The molecule has 0 radical (unpaired) electrons. The first-order valence-corrected chi connectivity index (χ1v) is 6.86. The van der Waals surface area contributed by atoms with Crippen LogP contribution in [0.1, 0.15) is 23.3 Å². The van der Waals surface area contributed by atoms with Gasteiger partial charge in [0.2, 0.25) is 5.91 Å². The highest BCUT2D eigenvalue weighted by Crippen LogP contribution is 2.19. The van der Waals surface area contributed by atoms with Crippen LogP contribution < -0.4 is 16.4 Å². The van der Waals surface area contributed by atoms with Gasteiger partial charge in [0.1, 0.15) is 11.5 Å². The third kappa shape index (κ3) is 2.79. The Morgan fingerprint density at radius 1 is 1.43 bits per heavy atom. The molecule has 6 nitrogen and oxygen atoms in total. The van der Waals surface area contributed by atoms with Gasteiger partial charge < -0.3 is 16.4 Å². The van der Waals surface area contributed by atoms with Crippen molar-refractivity contribution in [1.29, 1.82) is 0 Å². The maximum absolute atomic E-state index is 12.1. The summed E-state index contributed by atoms with van der Waals surface area (Å²) in [7, 11) is 0. The molecule has 2 aromatic rings. The van der Waals surface area contributed by atoms with Crippen molar-refractivity contribution in [3.8, 4) is 0 Å². The zero-order chi connectivity index (χ0) is 14.8. The van der Waals surface area contributed by atoms with Crippen LogP contribution in [0.15, 0.2) is 30.3 Å². The molecule has 6 heteroatoms. The number of carbonyl (C=O) groups excluding carboxylic acids is 2. The number of hydrogen-bond acceptors (Lipinski definition) is 4. The van der Waals surface area contributed by atoms with E-state index >= 15 is 0 Å². The summed E-state index contributed by atoms with van der Waals surface area (Å²) in [6.45, 7) is 0.402. The van der Waals surface area contributed by atoms with Crippen LogP contribution in [0.25, 0.3) is 10.8 Å². The first-order valence-electron chi connectivity index (χ1n) is 6.86. The van der Waals surface area contributed by atoms with Crippen LogP contribution in [0.4, 0.5) is 5.82 Å². The third-order valence-corrected chi connectivity index (χ3v) is 3.60. The van der Waals surface area contributed by atoms with Crippen molar-refractivity contribution in [3.63, 3.8) is 0 Å². The van der Waals surface area contributed by atoms with Gasteiger partial charge in [0.15, 0.2) is 0 Å². The van der Waals surface area contributed by atoms with Gasteiger partial charge in [0.05, 0.1) is 0 Å². The standard InChI is InChI=1S/C15H16N4O2/c16-14-11-4-2-1-3-9(11)7-12(19-14)15(21)17-8-10-5-6-13(20)18-10/h1-4,7,10H,5-6,8H2,(H2,16,19)(H,17,21)(H,18,20). The normalized spacial score (nSPS) is 17.7. The van der Waals surface area contributed by atoms with E-state index in [0.717, 1.165) is 17.2 Å². The molecule has 1 aliphatic rings. The fourth-order valence-corrected chi connectivity index (χ4v) is 2.48. The van der Waals surface area contributed by atoms with E-state index in [4.69, 9.17) is 5.73 Å². The van der Waals surface area contributed by atoms with Crippen molar-refractivity contribution in [2.45, 2.75) is 18.9 Å². The lowest BCUT2D eigenvalue weighted by molar-refractivity contribution is -0.119. The molecule has 0 spiro atoms. The number of nitrogens with one attached hydrogen (secondary N) is 2. The molecule has 0 bridgehead atoms. The molecule has 3 rings (SSSR count). The van der Waals surface area contributed by atoms with E-state index in [0.29, 0.717) is 18.8 Å². The molecule has 108 valence electrons. The van der Waals surface area contributed by atoms with E-state index in [2.05, 4.69) is 15.6 Å². The highest BCUT2D eigenvalue weighted by Gasteiger charge is 2.21. The molecule has 0 saturated carbocycles. The van der Waals surface area contributed by atoms with Crippen molar-refractivity contribution >= 4 is 28.4 Å². The van der Waals surface area contributed by atoms with Gasteiger partial charge in [0.25, 0.3) is 5.91 Å². The zero-order valence-corrected chi connectivity index (χ0v) is 11.4. The highest BCUT2D eigenvalue weighted by molar-refractivity contribution is 5.99. The second-order valence-electron chi connectivity index (χ2n) is 5.13. The molecule has 1 aromatic carbocycles. The Morgan fingerprint density at radius 3 is 3.00 bits per heavy atom. The lowest BCUT2D eigenvalue weighted by atomic mass is 10.1. The van der Waals surface area contributed by atoms with Crippen LogP contribution in [0.2, 0.25) is 0 Å². The van der Waals surface area contributed by atoms with Crippen molar-refractivity contribution < 1.29 is 9.59 Å². The molecule has 21 heavy (non-hydrogen) atoms. The number of hydrogen-bond donors (Lipinski definition) is 3. The Balaban J connectivity index is 1.74. The van der Waals surface area contributed by atoms with Gasteiger partial charge in [-0.3, -0.25) is 9.59 Å². The Bertz CT molecular complexity index is 714. The topological polar surface area (TPSA) is 97.1 Å². The maximum Gasteiger partial charge on any atom is 0.270 e. The van der Waals surface area contributed by atoms with E-state index in [1.54, 1.807) is 6.07 Å². The zero-order valence-electron chi connectivity index (χ0n) is 11.4. The number of benzene rings is 1. The van der Waals surface area contributed by atoms with Gasteiger partial charge in [-0.1, -0.05) is 24.3 Å². The quantitative estimate of drug-likeness (QED) is 0.777. The van der Waals surface area contributed by atoms with E-state index < -0.39 is 0 Å². The largest absolute Gasteiger partial charge is 0.383 e. The van der Waals surface area contributed by atoms with Gasteiger partial charge in [-0.15, -0.1) is 0 Å². The van der Waals surface area contributed by atoms with Crippen LogP contribution in [0, 0.1) is 0 Å². The molecule has 4 N–H and O–H groups in total. The number of nitrogen functional groups attached to an aromatic ring is 1. The maximum atomic E-state index is 12.1. The highest BCUT2D eigenvalue weighted by atomic mass is 16.2. The number of aromatic nitrogens is 1. The van der Waals surface area contributed by atoms with E-state index in [-0.39, 0.29) is 23.6 Å². The van der Waals surface area contributed by atoms with Gasteiger partial charge in [-0.2, -0.15) is 0 Å². The Morgan fingerprint density at radius 2 is 2.24 bits per heavy atom. The van der Waals surface area contributed by atoms with E-state index in [1.807, 2.05) is 24.3 Å². The predicted octanol–water partition coefficient (Wildman–Crippen LogP) is 0.825. The summed E-state index contributed by atoms with van der Waals surface area (Å²) in [5.74, 6) is 0.0864. The number of nitrogens with two attached hydrogens (primary N) is 1. The van der Waals surface area contributed by atoms with Gasteiger partial charge in [-0.25, -0.2) is 4.98 Å². The monoisotopic (exact) mass is 284 g/mol. The molecule has 1 aromatic heterocycles. The fourth-order valence-electron chi connectivity index (χ4n) is 2.48. The SMILES string of the molecule is Nc1nc(C(=O)NCC2CCC(=O)N2)cc2ccccc12. The lowest BCUT2D eigenvalue weighted by Gasteiger charge is -2.11. The van der Waals surface area contributed by atoms with Crippen molar-refractivity contribution in [1.82, 2.24) is 15.6 Å². The molecule has 1 atom stereocenters. The Labute approximate surface area is 121 Å². The van der Waals surface area contributed by atoms with Crippen molar-refractivity contribution in [2.75, 3.05) is 12.3 Å². The van der Waals surface area contributed by atoms with Crippen molar-refractivity contribution in [3.05, 3.63) is 36.0 Å². The summed E-state index contributed by atoms with van der Waals surface area (Å²) < 4.78 is 0. The molecule has 1 saturated heterocycles. The predicted molar refractivity (Wildman–Crippen MR) is 79.7 cm³/mol. The molecule has 1 aliphatic heterocycles. The Hall–Kier alpha value is -2.63. The van der Waals surface area contributed by atoms with Crippen LogP contribution in [-0.4, -0.2) is 29.4 Å². The smallest absolute Gasteiger partial charge is 0.270 e. The van der Waals surface area contributed by atoms with Crippen LogP contribution in [0.5, 0.6) is 0 Å². The number of anilines is 1. The minimum atomic E-state index is -0.284. The molecule has 2 heterocycles. The average Bonchev–Trinajstić information content (AvgIpc) is 2.90. The van der Waals surface area contributed by atoms with Crippen LogP contribution in [0.3, 0.4) is 0 Å². The van der Waals surface area contributed by atoms with Gasteiger partial charge in [0, 0.05) is 24.4 Å². The average molecular weight is 284 g/mol. The summed E-state index contributed by atoms with van der Waals surface area (Å²) in [5.41, 5.74) is 6.17. The second kappa shape index (κ2) is 5.40. The molecule has 1 unspecified atom stereocenters. The summed E-state index contributed by atoms with van der Waals surface area (Å²) >= 11 is 0. The first kappa shape index (κ1) is 13.4. The second-order valence-corrected chi connectivity index (χ2v) is 5.13. The van der Waals surface area contributed by atoms with Crippen LogP contribution in [-0.2, 0) is 4.79 Å². The molecular formula is C15H16N4O2. The molecule has 2 amide bonds. The summed E-state index contributed by atoms with van der Waals surface area (Å²) in [5, 5.41) is 7.29. The number of carbonyl (C=O) groups is 2. The summed E-state index contributed by atoms with van der Waals surface area (Å²) in [4.78, 5) is 27.4. The number of fused-ring (bicyclic) bond motifs is 1. The van der Waals surface area contributed by atoms with E-state index in [9.17, 15) is 9.59 Å². The number of amides is 2. The third-order valence-electron chi connectivity index (χ3n) is 3.60. The fraction of sp³-hybridized carbons (Fsp3) is 0.267.